The molecular weight excluding hydrogens is 302 g/mol. The van der Waals surface area contributed by atoms with Crippen LogP contribution in [0, 0.1) is 11.3 Å². The molecule has 0 bridgehead atoms. The van der Waals surface area contributed by atoms with Gasteiger partial charge >= 0.3 is 0 Å². The number of nitrogens with zero attached hydrogens (tertiary/aromatic N) is 3. The predicted molar refractivity (Wildman–Crippen MR) is 91.9 cm³/mol. The molecule has 3 heterocycles. The van der Waals surface area contributed by atoms with E-state index in [4.69, 9.17) is 0 Å². The average molecular weight is 317 g/mol. The quantitative estimate of drug-likeness (QED) is 0.595. The van der Waals surface area contributed by atoms with E-state index < -0.39 is 0 Å². The highest BCUT2D eigenvalue weighted by molar-refractivity contribution is 5.86. The number of para-hydroxylation sites is 1. The zero-order valence-corrected chi connectivity index (χ0v) is 13.3. The molecule has 4 aromatic rings. The van der Waals surface area contributed by atoms with Crippen LogP contribution in [-0.4, -0.2) is 19.6 Å². The van der Waals surface area contributed by atoms with Gasteiger partial charge in [-0.25, -0.2) is 9.50 Å². The number of benzene rings is 1. The zero-order chi connectivity index (χ0) is 16.8. The van der Waals surface area contributed by atoms with Crippen LogP contribution in [0.25, 0.3) is 27.9 Å². The van der Waals surface area contributed by atoms with E-state index >= 15 is 0 Å². The Kier molecular flexibility index (Phi) is 3.03. The van der Waals surface area contributed by atoms with E-state index in [1.807, 2.05) is 44.2 Å². The Morgan fingerprint density at radius 3 is 2.79 bits per heavy atom. The molecule has 0 amide bonds. The van der Waals surface area contributed by atoms with Crippen molar-refractivity contribution < 1.29 is 0 Å². The van der Waals surface area contributed by atoms with Crippen molar-refractivity contribution in [1.29, 1.82) is 5.26 Å². The fourth-order valence-electron chi connectivity index (χ4n) is 3.04. The minimum absolute atomic E-state index is 0.00264. The van der Waals surface area contributed by atoms with Gasteiger partial charge in [-0.05, 0) is 18.1 Å². The number of rotatable bonds is 2. The van der Waals surface area contributed by atoms with E-state index in [2.05, 4.69) is 21.1 Å². The molecule has 24 heavy (non-hydrogen) atoms. The summed E-state index contributed by atoms with van der Waals surface area (Å²) in [4.78, 5) is 20.8. The van der Waals surface area contributed by atoms with Gasteiger partial charge in [0.1, 0.15) is 11.6 Å². The van der Waals surface area contributed by atoms with Crippen LogP contribution >= 0.6 is 0 Å². The van der Waals surface area contributed by atoms with E-state index in [1.54, 1.807) is 0 Å². The second-order valence-electron chi connectivity index (χ2n) is 6.06. The first-order valence-corrected chi connectivity index (χ1v) is 7.72. The molecule has 1 aromatic carbocycles. The number of fused-ring (bicyclic) bond motifs is 2. The van der Waals surface area contributed by atoms with Crippen LogP contribution in [0.4, 0.5) is 0 Å². The molecule has 6 heteroatoms. The van der Waals surface area contributed by atoms with Crippen molar-refractivity contribution in [3.8, 4) is 17.5 Å². The van der Waals surface area contributed by atoms with E-state index in [0.717, 1.165) is 16.6 Å². The molecule has 0 radical (unpaired) electrons. The minimum Gasteiger partial charge on any atom is -0.353 e. The zero-order valence-electron chi connectivity index (χ0n) is 13.3. The summed E-state index contributed by atoms with van der Waals surface area (Å²) >= 11 is 0. The number of nitrogens with one attached hydrogen (secondary N) is 2. The van der Waals surface area contributed by atoms with Crippen molar-refractivity contribution in [2.45, 2.75) is 19.8 Å². The Bertz CT molecular complexity index is 1140. The molecule has 0 unspecified atom stereocenters. The maximum Gasteiger partial charge on any atom is 0.276 e. The van der Waals surface area contributed by atoms with E-state index in [9.17, 15) is 10.1 Å². The molecule has 4 rings (SSSR count). The van der Waals surface area contributed by atoms with Gasteiger partial charge in [-0.2, -0.15) is 5.26 Å². The van der Waals surface area contributed by atoms with Crippen LogP contribution in [0.15, 0.2) is 41.3 Å². The summed E-state index contributed by atoms with van der Waals surface area (Å²) in [6, 6.07) is 12.0. The second-order valence-corrected chi connectivity index (χ2v) is 6.06. The van der Waals surface area contributed by atoms with Gasteiger partial charge in [0.15, 0.2) is 5.65 Å². The Balaban J connectivity index is 2.11. The van der Waals surface area contributed by atoms with Crippen molar-refractivity contribution in [1.82, 2.24) is 19.6 Å². The molecule has 0 saturated heterocycles. The summed E-state index contributed by atoms with van der Waals surface area (Å²) in [5.74, 6) is -0.00264. The van der Waals surface area contributed by atoms with E-state index in [-0.39, 0.29) is 11.5 Å². The molecule has 0 spiro atoms. The SMILES string of the molecule is CC(C)c1c(-c2cc3ccccc3[nH]2)nc2c(C#N)c[nH]n2c1=O. The smallest absolute Gasteiger partial charge is 0.276 e. The predicted octanol–water partition coefficient (Wildman–Crippen LogP) is 3.17. The average Bonchev–Trinajstić information content (AvgIpc) is 3.17. The molecule has 2 N–H and O–H groups in total. The van der Waals surface area contributed by atoms with Gasteiger partial charge in [0, 0.05) is 22.7 Å². The van der Waals surface area contributed by atoms with Crippen molar-refractivity contribution in [3.05, 3.63) is 58.0 Å². The number of nitriles is 1. The van der Waals surface area contributed by atoms with Crippen LogP contribution in [0.1, 0.15) is 30.9 Å². The molecule has 0 saturated carbocycles. The van der Waals surface area contributed by atoms with Gasteiger partial charge in [-0.1, -0.05) is 32.0 Å². The second kappa shape index (κ2) is 5.10. The van der Waals surface area contributed by atoms with Gasteiger partial charge in [0.2, 0.25) is 0 Å². The molecule has 118 valence electrons. The normalized spacial score (nSPS) is 11.4. The van der Waals surface area contributed by atoms with Crippen LogP contribution in [0.2, 0.25) is 0 Å². The number of H-pyrrole nitrogens is 2. The molecule has 0 atom stereocenters. The maximum atomic E-state index is 12.9. The molecule has 0 aliphatic rings. The first-order chi connectivity index (χ1) is 11.6. The van der Waals surface area contributed by atoms with Crippen molar-refractivity contribution in [3.63, 3.8) is 0 Å². The summed E-state index contributed by atoms with van der Waals surface area (Å²) in [5.41, 5.74) is 3.50. The van der Waals surface area contributed by atoms with E-state index in [0.29, 0.717) is 22.5 Å². The van der Waals surface area contributed by atoms with Crippen molar-refractivity contribution >= 4 is 16.6 Å². The van der Waals surface area contributed by atoms with Gasteiger partial charge in [-0.3, -0.25) is 9.89 Å². The van der Waals surface area contributed by atoms with E-state index in [1.165, 1.54) is 10.7 Å². The maximum absolute atomic E-state index is 12.9. The van der Waals surface area contributed by atoms with Gasteiger partial charge in [0.25, 0.3) is 5.56 Å². The highest BCUT2D eigenvalue weighted by atomic mass is 16.1. The fourth-order valence-corrected chi connectivity index (χ4v) is 3.04. The molecular formula is C18H15N5O. The van der Waals surface area contributed by atoms with Gasteiger partial charge in [0.05, 0.1) is 11.4 Å². The topological polar surface area (TPSA) is 89.7 Å². The summed E-state index contributed by atoms with van der Waals surface area (Å²) in [6.07, 6.45) is 1.50. The molecule has 0 fully saturated rings. The van der Waals surface area contributed by atoms with Gasteiger partial charge in [-0.15, -0.1) is 0 Å². The summed E-state index contributed by atoms with van der Waals surface area (Å²) in [6.45, 7) is 3.93. The Morgan fingerprint density at radius 2 is 2.08 bits per heavy atom. The molecule has 0 aliphatic carbocycles. The van der Waals surface area contributed by atoms with Crippen molar-refractivity contribution in [2.75, 3.05) is 0 Å². The monoisotopic (exact) mass is 317 g/mol. The minimum atomic E-state index is -0.176. The summed E-state index contributed by atoms with van der Waals surface area (Å²) < 4.78 is 1.33. The molecule has 6 nitrogen and oxygen atoms in total. The largest absolute Gasteiger partial charge is 0.353 e. The third kappa shape index (κ3) is 1.95. The summed E-state index contributed by atoms with van der Waals surface area (Å²) in [5, 5.41) is 13.1. The number of hydrogen-bond donors (Lipinski definition) is 2. The highest BCUT2D eigenvalue weighted by Gasteiger charge is 2.20. The van der Waals surface area contributed by atoms with Crippen molar-refractivity contribution in [2.24, 2.45) is 0 Å². The summed E-state index contributed by atoms with van der Waals surface area (Å²) in [7, 11) is 0. The Labute approximate surface area is 137 Å². The lowest BCUT2D eigenvalue weighted by atomic mass is 10.0. The number of aromatic nitrogens is 4. The standard InChI is InChI=1S/C18H15N5O/c1-10(2)15-16(14-7-11-5-3-4-6-13(11)21-14)22-17-12(8-19)9-20-23(17)18(15)24/h3-7,9-10,20-21H,1-2H3. The highest BCUT2D eigenvalue weighted by Crippen LogP contribution is 2.28. The van der Waals surface area contributed by atoms with Crippen LogP contribution < -0.4 is 5.56 Å². The third-order valence-corrected chi connectivity index (χ3v) is 4.18. The molecule has 3 aromatic heterocycles. The lowest BCUT2D eigenvalue weighted by Crippen LogP contribution is -2.22. The lowest BCUT2D eigenvalue weighted by Gasteiger charge is -2.10. The van der Waals surface area contributed by atoms with Crippen LogP contribution in [0.5, 0.6) is 0 Å². The number of hydrogen-bond acceptors (Lipinski definition) is 3. The fraction of sp³-hybridized carbons (Fsp3) is 0.167. The first-order valence-electron chi connectivity index (χ1n) is 7.72. The lowest BCUT2D eigenvalue weighted by molar-refractivity contribution is 0.797. The Hall–Kier alpha value is -3.33. The Morgan fingerprint density at radius 1 is 1.29 bits per heavy atom. The first kappa shape index (κ1) is 14.3. The third-order valence-electron chi connectivity index (χ3n) is 4.18. The van der Waals surface area contributed by atoms with Crippen LogP contribution in [0.3, 0.4) is 0 Å². The number of aromatic amines is 2. The van der Waals surface area contributed by atoms with Crippen LogP contribution in [-0.2, 0) is 0 Å². The molecule has 0 aliphatic heterocycles. The van der Waals surface area contributed by atoms with Gasteiger partial charge < -0.3 is 4.98 Å².